The number of hydrogen-bond acceptors (Lipinski definition) is 6. The minimum absolute atomic E-state index is 0.348. The first-order valence-corrected chi connectivity index (χ1v) is 8.30. The van der Waals surface area contributed by atoms with Crippen molar-refractivity contribution in [1.29, 1.82) is 0 Å². The Bertz CT molecular complexity index is 785. The molecule has 1 atom stereocenters. The Kier molecular flexibility index (Phi) is 5.06. The van der Waals surface area contributed by atoms with Gasteiger partial charge in [0, 0.05) is 5.70 Å². The Balaban J connectivity index is 1.92. The third-order valence-electron chi connectivity index (χ3n) is 4.10. The zero-order valence-corrected chi connectivity index (χ0v) is 14.2. The molecule has 25 heavy (non-hydrogen) atoms. The van der Waals surface area contributed by atoms with Crippen molar-refractivity contribution in [3.8, 4) is 0 Å². The van der Waals surface area contributed by atoms with E-state index in [9.17, 15) is 9.18 Å². The average molecular weight is 345 g/mol. The Morgan fingerprint density at radius 2 is 2.08 bits per heavy atom. The van der Waals surface area contributed by atoms with E-state index in [1.807, 2.05) is 0 Å². The average Bonchev–Trinajstić information content (AvgIpc) is 3.06. The van der Waals surface area contributed by atoms with E-state index in [2.05, 4.69) is 27.8 Å². The van der Waals surface area contributed by atoms with Crippen LogP contribution in [-0.2, 0) is 9.53 Å². The molecule has 2 heterocycles. The number of carbonyl (C=O) groups excluding carboxylic acids is 1. The van der Waals surface area contributed by atoms with Gasteiger partial charge >= 0.3 is 5.97 Å². The smallest absolute Gasteiger partial charge is 0.338 e. The summed E-state index contributed by atoms with van der Waals surface area (Å²) in [5, 5.41) is 14.6. The fourth-order valence-corrected chi connectivity index (χ4v) is 2.82. The Morgan fingerprint density at radius 1 is 1.32 bits per heavy atom. The van der Waals surface area contributed by atoms with Crippen LogP contribution in [-0.4, -0.2) is 32.8 Å². The number of ether oxygens (including phenoxy) is 1. The minimum Gasteiger partial charge on any atom is -0.462 e. The van der Waals surface area contributed by atoms with Crippen molar-refractivity contribution >= 4 is 11.9 Å². The molecule has 0 bridgehead atoms. The lowest BCUT2D eigenvalue weighted by Crippen LogP contribution is -2.29. The van der Waals surface area contributed by atoms with Crippen molar-refractivity contribution in [1.82, 2.24) is 20.2 Å². The molecule has 0 fully saturated rings. The van der Waals surface area contributed by atoms with Crippen molar-refractivity contribution in [3.05, 3.63) is 46.9 Å². The summed E-state index contributed by atoms with van der Waals surface area (Å²) in [4.78, 5) is 12.7. The van der Waals surface area contributed by atoms with Crippen LogP contribution in [0.5, 0.6) is 0 Å². The molecule has 1 unspecified atom stereocenters. The summed E-state index contributed by atoms with van der Waals surface area (Å²) in [5.41, 5.74) is 1.75. The predicted octanol–water partition coefficient (Wildman–Crippen LogP) is 2.83. The molecule has 0 aliphatic carbocycles. The van der Waals surface area contributed by atoms with E-state index in [0.717, 1.165) is 19.3 Å². The van der Waals surface area contributed by atoms with Crippen molar-refractivity contribution in [3.63, 3.8) is 0 Å². The highest BCUT2D eigenvalue weighted by molar-refractivity contribution is 5.92. The molecule has 1 N–H and O–H groups in total. The molecule has 2 aromatic rings. The van der Waals surface area contributed by atoms with E-state index in [4.69, 9.17) is 4.74 Å². The molecule has 1 aliphatic rings. The van der Waals surface area contributed by atoms with Gasteiger partial charge in [-0.05, 0) is 41.5 Å². The summed E-state index contributed by atoms with van der Waals surface area (Å²) in [7, 11) is 0. The molecule has 1 aromatic carbocycles. The number of hydrogen-bond donors (Lipinski definition) is 1. The topological polar surface area (TPSA) is 81.9 Å². The number of esters is 1. The zero-order valence-electron chi connectivity index (χ0n) is 14.2. The van der Waals surface area contributed by atoms with Gasteiger partial charge in [0.2, 0.25) is 5.95 Å². The fraction of sp³-hybridized carbons (Fsp3) is 0.412. The summed E-state index contributed by atoms with van der Waals surface area (Å²) in [6.07, 6.45) is 2.87. The highest BCUT2D eigenvalue weighted by Gasteiger charge is 2.34. The van der Waals surface area contributed by atoms with Gasteiger partial charge in [0.15, 0.2) is 0 Å². The number of benzene rings is 1. The van der Waals surface area contributed by atoms with E-state index in [1.165, 1.54) is 16.8 Å². The van der Waals surface area contributed by atoms with Crippen LogP contribution in [0.15, 0.2) is 35.5 Å². The number of tetrazole rings is 1. The summed E-state index contributed by atoms with van der Waals surface area (Å²) in [6.45, 7) is 4.22. The molecule has 1 aliphatic heterocycles. The third-order valence-corrected chi connectivity index (χ3v) is 4.10. The molecule has 1 aromatic heterocycles. The highest BCUT2D eigenvalue weighted by Crippen LogP contribution is 2.34. The molecule has 0 amide bonds. The Morgan fingerprint density at radius 3 is 2.80 bits per heavy atom. The highest BCUT2D eigenvalue weighted by atomic mass is 19.1. The van der Waals surface area contributed by atoms with Gasteiger partial charge in [-0.2, -0.15) is 4.68 Å². The first kappa shape index (κ1) is 17.1. The monoisotopic (exact) mass is 345 g/mol. The van der Waals surface area contributed by atoms with E-state index in [-0.39, 0.29) is 5.82 Å². The van der Waals surface area contributed by atoms with Gasteiger partial charge in [-0.3, -0.25) is 0 Å². The first-order valence-electron chi connectivity index (χ1n) is 8.30. The maximum Gasteiger partial charge on any atom is 0.338 e. The van der Waals surface area contributed by atoms with Gasteiger partial charge in [0.25, 0.3) is 0 Å². The van der Waals surface area contributed by atoms with Crippen LogP contribution in [0.25, 0.3) is 0 Å². The van der Waals surface area contributed by atoms with Crippen molar-refractivity contribution in [2.45, 2.75) is 39.2 Å². The molecule has 0 spiro atoms. The SMILES string of the molecule is CCCCCOC(=O)C1=C(C)Nc2nnnn2C1c1ccc(F)cc1. The zero-order chi connectivity index (χ0) is 17.8. The van der Waals surface area contributed by atoms with Crippen LogP contribution < -0.4 is 5.32 Å². The second-order valence-corrected chi connectivity index (χ2v) is 5.91. The third kappa shape index (κ3) is 3.52. The van der Waals surface area contributed by atoms with Gasteiger partial charge in [0.05, 0.1) is 12.2 Å². The van der Waals surface area contributed by atoms with Crippen LogP contribution in [0.4, 0.5) is 10.3 Å². The van der Waals surface area contributed by atoms with Crippen molar-refractivity contribution in [2.24, 2.45) is 0 Å². The maximum atomic E-state index is 13.3. The molecule has 132 valence electrons. The number of nitrogens with zero attached hydrogens (tertiary/aromatic N) is 4. The number of halogens is 1. The number of rotatable bonds is 6. The number of aromatic nitrogens is 4. The summed E-state index contributed by atoms with van der Waals surface area (Å²) < 4.78 is 20.2. The molecule has 7 nitrogen and oxygen atoms in total. The van der Waals surface area contributed by atoms with Crippen molar-refractivity contribution in [2.75, 3.05) is 11.9 Å². The van der Waals surface area contributed by atoms with Crippen molar-refractivity contribution < 1.29 is 13.9 Å². The second kappa shape index (κ2) is 7.42. The lowest BCUT2D eigenvalue weighted by Gasteiger charge is -2.27. The number of carbonyl (C=O) groups is 1. The van der Waals surface area contributed by atoms with Crippen LogP contribution in [0.2, 0.25) is 0 Å². The van der Waals surface area contributed by atoms with Gasteiger partial charge in [-0.25, -0.2) is 9.18 Å². The fourth-order valence-electron chi connectivity index (χ4n) is 2.82. The quantitative estimate of drug-likeness (QED) is 0.640. The van der Waals surface area contributed by atoms with Gasteiger partial charge in [0.1, 0.15) is 11.9 Å². The van der Waals surface area contributed by atoms with Crippen LogP contribution in [0.3, 0.4) is 0 Å². The second-order valence-electron chi connectivity index (χ2n) is 5.91. The number of nitrogens with one attached hydrogen (secondary N) is 1. The molecule has 0 saturated heterocycles. The van der Waals surface area contributed by atoms with E-state index >= 15 is 0 Å². The summed E-state index contributed by atoms with van der Waals surface area (Å²) in [6, 6.07) is 5.37. The first-order chi connectivity index (χ1) is 12.1. The van der Waals surface area contributed by atoms with Gasteiger partial charge < -0.3 is 10.1 Å². The predicted molar refractivity (Wildman–Crippen MR) is 89.2 cm³/mol. The standard InChI is InChI=1S/C17H20FN5O2/c1-3-4-5-10-25-16(24)14-11(2)19-17-20-21-22-23(17)15(14)12-6-8-13(18)9-7-12/h6-9,15H,3-5,10H2,1-2H3,(H,19,20,22). The molecular formula is C17H20FN5O2. The lowest BCUT2D eigenvalue weighted by molar-refractivity contribution is -0.139. The number of anilines is 1. The number of unbranched alkanes of at least 4 members (excludes halogenated alkanes) is 2. The van der Waals surface area contributed by atoms with Crippen LogP contribution in [0, 0.1) is 5.82 Å². The molecule has 3 rings (SSSR count). The Hall–Kier alpha value is -2.77. The number of allylic oxidation sites excluding steroid dienone is 1. The molecule has 0 radical (unpaired) electrons. The van der Waals surface area contributed by atoms with E-state index < -0.39 is 12.0 Å². The van der Waals surface area contributed by atoms with Crippen LogP contribution >= 0.6 is 0 Å². The van der Waals surface area contributed by atoms with Gasteiger partial charge in [-0.1, -0.05) is 37.0 Å². The minimum atomic E-state index is -0.564. The van der Waals surface area contributed by atoms with E-state index in [1.54, 1.807) is 19.1 Å². The molecule has 0 saturated carbocycles. The normalized spacial score (nSPS) is 16.4. The van der Waals surface area contributed by atoms with Crippen LogP contribution in [0.1, 0.15) is 44.7 Å². The largest absolute Gasteiger partial charge is 0.462 e. The number of fused-ring (bicyclic) bond motifs is 1. The molecular weight excluding hydrogens is 325 g/mol. The maximum absolute atomic E-state index is 13.3. The molecule has 8 heteroatoms. The van der Waals surface area contributed by atoms with Gasteiger partial charge in [-0.15, -0.1) is 0 Å². The summed E-state index contributed by atoms with van der Waals surface area (Å²) in [5.74, 6) is -0.343. The Labute approximate surface area is 144 Å². The summed E-state index contributed by atoms with van der Waals surface area (Å²) >= 11 is 0. The lowest BCUT2D eigenvalue weighted by atomic mass is 9.96. The van der Waals surface area contributed by atoms with E-state index in [0.29, 0.717) is 29.4 Å².